The molecule has 0 unspecified atom stereocenters. The molecule has 0 fully saturated rings. The summed E-state index contributed by atoms with van der Waals surface area (Å²) in [7, 11) is 0. The monoisotopic (exact) mass is 186 g/mol. The van der Waals surface area contributed by atoms with E-state index in [2.05, 4.69) is 38.1 Å². The van der Waals surface area contributed by atoms with Gasteiger partial charge in [-0.25, -0.2) is 0 Å². The van der Waals surface area contributed by atoms with Crippen LogP contribution in [-0.2, 0) is 6.42 Å². The van der Waals surface area contributed by atoms with Gasteiger partial charge >= 0.3 is 20.4 Å². The first kappa shape index (κ1) is 11.1. The molecule has 1 heteroatoms. The number of unbranched alkanes of at least 4 members (excludes halogenated alkanes) is 1. The Labute approximate surface area is 91.5 Å². The van der Waals surface area contributed by atoms with Gasteiger partial charge < -0.3 is 0 Å². The molecule has 0 radical (unpaired) electrons. The molecule has 1 aromatic rings. The molecule has 0 spiro atoms. The van der Waals surface area contributed by atoms with Crippen LogP contribution in [-0.4, -0.2) is 20.4 Å². The van der Waals surface area contributed by atoms with Gasteiger partial charge in [-0.1, -0.05) is 44.5 Å². The van der Waals surface area contributed by atoms with Crippen molar-refractivity contribution < 1.29 is 0 Å². The van der Waals surface area contributed by atoms with E-state index in [0.29, 0.717) is 0 Å². The van der Waals surface area contributed by atoms with Crippen LogP contribution in [0.25, 0.3) is 0 Å². The van der Waals surface area contributed by atoms with Gasteiger partial charge in [-0.15, -0.1) is 4.55 Å². The predicted octanol–water partition coefficient (Wildman–Crippen LogP) is 2.80. The minimum atomic E-state index is 0.0638. The van der Waals surface area contributed by atoms with Crippen molar-refractivity contribution in [2.24, 2.45) is 0 Å². The van der Waals surface area contributed by atoms with E-state index in [1.165, 1.54) is 29.4 Å². The minimum absolute atomic E-state index is 0.0638. The molecule has 0 N–H and O–H groups in total. The van der Waals surface area contributed by atoms with Crippen molar-refractivity contribution in [2.75, 3.05) is 0 Å². The molecule has 0 saturated heterocycles. The zero-order valence-electron chi connectivity index (χ0n) is 8.84. The van der Waals surface area contributed by atoms with Crippen LogP contribution in [0.3, 0.4) is 0 Å². The van der Waals surface area contributed by atoms with E-state index in [0.717, 1.165) is 0 Å². The maximum atomic E-state index is 2.33. The molecular formula is C12H18Mg. The van der Waals surface area contributed by atoms with E-state index in [1.54, 1.807) is 3.69 Å². The Morgan fingerprint density at radius 1 is 1.08 bits per heavy atom. The quantitative estimate of drug-likeness (QED) is 0.621. The lowest BCUT2D eigenvalue weighted by Gasteiger charge is -2.01. The second-order valence-corrected chi connectivity index (χ2v) is 5.99. The van der Waals surface area contributed by atoms with Crippen LogP contribution < -0.4 is 3.69 Å². The molecule has 13 heavy (non-hydrogen) atoms. The third kappa shape index (κ3) is 4.14. The second kappa shape index (κ2) is 6.44. The third-order valence-corrected chi connectivity index (χ3v) is 3.93. The zero-order chi connectivity index (χ0) is 9.52. The van der Waals surface area contributed by atoms with E-state index < -0.39 is 0 Å². The molecule has 1 rings (SSSR count). The Morgan fingerprint density at radius 3 is 2.31 bits per heavy atom. The molecule has 0 aromatic heterocycles. The molecule has 0 nitrogen and oxygen atoms in total. The standard InChI is InChI=1S/C10H13.C2H5.Mg/c1-2-3-7-10-8-5-4-6-9-10;1-2;/h5-6,8-9H,2-3,7H2,1H3;1H2,2H3;. The molecule has 0 amide bonds. The highest BCUT2D eigenvalue weighted by atomic mass is 24.5. The molecule has 0 saturated carbocycles. The summed E-state index contributed by atoms with van der Waals surface area (Å²) in [4.78, 5) is 0. The van der Waals surface area contributed by atoms with E-state index >= 15 is 0 Å². The minimum Gasteiger partial charge on any atom is -0.174 e. The summed E-state index contributed by atoms with van der Waals surface area (Å²) >= 11 is 0.0638. The first-order valence-electron chi connectivity index (χ1n) is 5.44. The van der Waals surface area contributed by atoms with Gasteiger partial charge in [0.2, 0.25) is 0 Å². The fourth-order valence-corrected chi connectivity index (χ4v) is 2.69. The Bertz CT molecular complexity index is 225. The summed E-state index contributed by atoms with van der Waals surface area (Å²) < 4.78 is 3.00. The van der Waals surface area contributed by atoms with E-state index in [1.807, 2.05) is 0 Å². The molecule has 0 aliphatic rings. The summed E-state index contributed by atoms with van der Waals surface area (Å²) in [5.74, 6) is 0. The van der Waals surface area contributed by atoms with Crippen LogP contribution in [0.2, 0.25) is 4.55 Å². The maximum Gasteiger partial charge on any atom is 0.408 e. The van der Waals surface area contributed by atoms with Crippen LogP contribution >= 0.6 is 0 Å². The van der Waals surface area contributed by atoms with Crippen molar-refractivity contribution in [3.63, 3.8) is 0 Å². The van der Waals surface area contributed by atoms with Crippen molar-refractivity contribution >= 4 is 24.1 Å². The van der Waals surface area contributed by atoms with Crippen molar-refractivity contribution in [3.8, 4) is 0 Å². The fraction of sp³-hybridized carbons (Fsp3) is 0.500. The number of hydrogen-bond acceptors (Lipinski definition) is 0. The summed E-state index contributed by atoms with van der Waals surface area (Å²) in [6.45, 7) is 4.54. The molecule has 0 atom stereocenters. The molecule has 1 aromatic carbocycles. The normalized spacial score (nSPS) is 9.69. The number of benzene rings is 1. The lowest BCUT2D eigenvalue weighted by atomic mass is 10.1. The van der Waals surface area contributed by atoms with Gasteiger partial charge in [0.25, 0.3) is 0 Å². The highest BCUT2D eigenvalue weighted by Crippen LogP contribution is 2.02. The van der Waals surface area contributed by atoms with Crippen molar-refractivity contribution in [1.29, 1.82) is 0 Å². The van der Waals surface area contributed by atoms with Gasteiger partial charge in [-0.2, -0.15) is 3.69 Å². The fourth-order valence-electron chi connectivity index (χ4n) is 1.54. The smallest absolute Gasteiger partial charge is 0.174 e. The third-order valence-electron chi connectivity index (χ3n) is 2.38. The number of aryl methyl sites for hydroxylation is 1. The van der Waals surface area contributed by atoms with Crippen LogP contribution in [0.1, 0.15) is 32.3 Å². The van der Waals surface area contributed by atoms with E-state index in [9.17, 15) is 0 Å². The second-order valence-electron chi connectivity index (χ2n) is 3.67. The van der Waals surface area contributed by atoms with Crippen LogP contribution in [0, 0.1) is 0 Å². The lowest BCUT2D eigenvalue weighted by molar-refractivity contribution is 0.795. The first-order chi connectivity index (χ1) is 6.36. The SMILES string of the molecule is CCCCc1cc[c]([Mg][CH2]C)cc1. The molecule has 0 bridgehead atoms. The van der Waals surface area contributed by atoms with Crippen LogP contribution in [0.15, 0.2) is 24.3 Å². The molecule has 0 aliphatic heterocycles. The predicted molar refractivity (Wildman–Crippen MR) is 60.9 cm³/mol. The summed E-state index contributed by atoms with van der Waals surface area (Å²) in [6, 6.07) is 9.29. The van der Waals surface area contributed by atoms with Crippen molar-refractivity contribution in [1.82, 2.24) is 0 Å². The van der Waals surface area contributed by atoms with Gasteiger partial charge in [0.1, 0.15) is 0 Å². The van der Waals surface area contributed by atoms with Gasteiger partial charge in [0.05, 0.1) is 0 Å². The van der Waals surface area contributed by atoms with E-state index in [-0.39, 0.29) is 20.4 Å². The average Bonchev–Trinajstić information content (AvgIpc) is 2.17. The summed E-state index contributed by atoms with van der Waals surface area (Å²) in [6.07, 6.45) is 3.88. The molecule has 68 valence electrons. The molecule has 0 heterocycles. The highest BCUT2D eigenvalue weighted by Gasteiger charge is 1.96. The van der Waals surface area contributed by atoms with Gasteiger partial charge in [-0.3, -0.25) is 0 Å². The summed E-state index contributed by atoms with van der Waals surface area (Å²) in [5, 5.41) is 0. The first-order valence-corrected chi connectivity index (χ1v) is 7.15. The Hall–Kier alpha value is -0.0138. The number of hydrogen-bond donors (Lipinski definition) is 0. The Morgan fingerprint density at radius 2 is 1.77 bits per heavy atom. The Kier molecular flexibility index (Phi) is 5.48. The zero-order valence-corrected chi connectivity index (χ0v) is 10.3. The van der Waals surface area contributed by atoms with Crippen molar-refractivity contribution in [2.45, 2.75) is 37.7 Å². The largest absolute Gasteiger partial charge is 0.408 e. The van der Waals surface area contributed by atoms with Crippen LogP contribution in [0.4, 0.5) is 0 Å². The Balaban J connectivity index is 2.48. The van der Waals surface area contributed by atoms with Gasteiger partial charge in [0, 0.05) is 0 Å². The number of rotatable bonds is 5. The van der Waals surface area contributed by atoms with Gasteiger partial charge in [0.15, 0.2) is 0 Å². The molecular weight excluding hydrogens is 168 g/mol. The topological polar surface area (TPSA) is 0 Å². The van der Waals surface area contributed by atoms with Crippen molar-refractivity contribution in [3.05, 3.63) is 29.8 Å². The van der Waals surface area contributed by atoms with E-state index in [4.69, 9.17) is 0 Å². The highest BCUT2D eigenvalue weighted by molar-refractivity contribution is 6.53. The summed E-state index contributed by atoms with van der Waals surface area (Å²) in [5.41, 5.74) is 1.51. The maximum absolute atomic E-state index is 2.33. The molecule has 0 aliphatic carbocycles. The van der Waals surface area contributed by atoms with Gasteiger partial charge in [-0.05, 0) is 18.4 Å². The van der Waals surface area contributed by atoms with Crippen LogP contribution in [0.5, 0.6) is 0 Å². The average molecular weight is 187 g/mol. The lowest BCUT2D eigenvalue weighted by Crippen LogP contribution is -2.11.